The summed E-state index contributed by atoms with van der Waals surface area (Å²) in [5.41, 5.74) is 6.70. The van der Waals surface area contributed by atoms with Crippen molar-refractivity contribution in [3.8, 4) is 23.1 Å². The Labute approximate surface area is 99.4 Å². The van der Waals surface area contributed by atoms with Crippen molar-refractivity contribution >= 4 is 16.5 Å². The van der Waals surface area contributed by atoms with Gasteiger partial charge in [-0.15, -0.1) is 11.3 Å². The molecular weight excluding hydrogens is 240 g/mol. The van der Waals surface area contributed by atoms with Crippen molar-refractivity contribution in [1.29, 1.82) is 0 Å². The van der Waals surface area contributed by atoms with Crippen molar-refractivity contribution in [2.45, 2.75) is 0 Å². The Balaban J connectivity index is 1.99. The average molecular weight is 246 g/mol. The second-order valence-electron chi connectivity index (χ2n) is 3.09. The lowest BCUT2D eigenvalue weighted by Crippen LogP contribution is -1.86. The Bertz CT molecular complexity index is 634. The minimum Gasteiger partial charge on any atom is -0.375 e. The van der Waals surface area contributed by atoms with Crippen LogP contribution < -0.4 is 5.73 Å². The zero-order valence-corrected chi connectivity index (χ0v) is 9.26. The van der Waals surface area contributed by atoms with Gasteiger partial charge in [-0.2, -0.15) is 4.98 Å². The van der Waals surface area contributed by atoms with E-state index in [-0.39, 0.29) is 0 Å². The lowest BCUT2D eigenvalue weighted by molar-refractivity contribution is 0.431. The van der Waals surface area contributed by atoms with E-state index >= 15 is 0 Å². The van der Waals surface area contributed by atoms with Gasteiger partial charge in [-0.05, 0) is 6.07 Å². The van der Waals surface area contributed by atoms with E-state index < -0.39 is 0 Å². The Morgan fingerprint density at radius 3 is 2.88 bits per heavy atom. The summed E-state index contributed by atoms with van der Waals surface area (Å²) in [6.07, 6.45) is 3.03. The summed E-state index contributed by atoms with van der Waals surface area (Å²) >= 11 is 1.32. The topological polar surface area (TPSA) is 104 Å². The molecule has 0 saturated carbocycles. The Kier molecular flexibility index (Phi) is 2.26. The molecule has 0 aliphatic carbocycles. The second-order valence-corrected chi connectivity index (χ2v) is 3.98. The standard InChI is InChI=1S/C9H6N6OS/c10-9-13-6(3-17-9)8-14-7(15-16-8)5-1-2-11-4-12-5/h1-4H,(H2,10,13). The molecule has 84 valence electrons. The molecule has 8 heteroatoms. The third-order valence-electron chi connectivity index (χ3n) is 1.98. The van der Waals surface area contributed by atoms with Gasteiger partial charge in [-0.1, -0.05) is 5.16 Å². The number of rotatable bonds is 2. The largest absolute Gasteiger partial charge is 0.375 e. The molecule has 0 radical (unpaired) electrons. The molecule has 17 heavy (non-hydrogen) atoms. The molecule has 0 bridgehead atoms. The van der Waals surface area contributed by atoms with E-state index in [2.05, 4.69) is 25.1 Å². The van der Waals surface area contributed by atoms with Crippen LogP contribution in [0.25, 0.3) is 23.1 Å². The molecule has 0 aliphatic heterocycles. The summed E-state index contributed by atoms with van der Waals surface area (Å²) in [6, 6.07) is 1.70. The average Bonchev–Trinajstić information content (AvgIpc) is 2.98. The van der Waals surface area contributed by atoms with Gasteiger partial charge in [0.05, 0.1) is 0 Å². The summed E-state index contributed by atoms with van der Waals surface area (Å²) in [7, 11) is 0. The maximum atomic E-state index is 5.53. The van der Waals surface area contributed by atoms with Crippen LogP contribution in [0.4, 0.5) is 5.13 Å². The minimum absolute atomic E-state index is 0.326. The second kappa shape index (κ2) is 3.91. The van der Waals surface area contributed by atoms with Crippen molar-refractivity contribution in [3.63, 3.8) is 0 Å². The third-order valence-corrected chi connectivity index (χ3v) is 2.65. The highest BCUT2D eigenvalue weighted by atomic mass is 32.1. The number of anilines is 1. The zero-order valence-electron chi connectivity index (χ0n) is 8.44. The number of aromatic nitrogens is 5. The minimum atomic E-state index is 0.326. The van der Waals surface area contributed by atoms with E-state index in [1.54, 1.807) is 17.6 Å². The highest BCUT2D eigenvalue weighted by molar-refractivity contribution is 7.13. The quantitative estimate of drug-likeness (QED) is 0.725. The van der Waals surface area contributed by atoms with Crippen LogP contribution in [0.15, 0.2) is 28.5 Å². The molecule has 0 saturated heterocycles. The number of hydrogen-bond acceptors (Lipinski definition) is 8. The summed E-state index contributed by atoms with van der Waals surface area (Å²) in [6.45, 7) is 0. The summed E-state index contributed by atoms with van der Waals surface area (Å²) in [4.78, 5) is 16.1. The molecule has 3 rings (SSSR count). The first-order chi connectivity index (χ1) is 8.33. The maximum Gasteiger partial charge on any atom is 0.277 e. The van der Waals surface area contributed by atoms with E-state index in [0.717, 1.165) is 0 Å². The smallest absolute Gasteiger partial charge is 0.277 e. The maximum absolute atomic E-state index is 5.53. The van der Waals surface area contributed by atoms with Crippen LogP contribution in [-0.2, 0) is 0 Å². The first-order valence-electron chi connectivity index (χ1n) is 4.64. The first kappa shape index (κ1) is 9.85. The van der Waals surface area contributed by atoms with Gasteiger partial charge in [-0.25, -0.2) is 15.0 Å². The van der Waals surface area contributed by atoms with Crippen LogP contribution in [-0.4, -0.2) is 25.1 Å². The van der Waals surface area contributed by atoms with E-state index in [9.17, 15) is 0 Å². The summed E-state index contributed by atoms with van der Waals surface area (Å²) in [5.74, 6) is 0.723. The van der Waals surface area contributed by atoms with Crippen molar-refractivity contribution in [3.05, 3.63) is 24.0 Å². The number of thiazole rings is 1. The molecule has 7 nitrogen and oxygen atoms in total. The Hall–Kier alpha value is -2.35. The highest BCUT2D eigenvalue weighted by Crippen LogP contribution is 2.23. The molecule has 0 atom stereocenters. The first-order valence-corrected chi connectivity index (χ1v) is 5.52. The molecule has 2 N–H and O–H groups in total. The molecule has 0 spiro atoms. The SMILES string of the molecule is Nc1nc(-c2nc(-c3ccncn3)no2)cs1. The molecule has 0 amide bonds. The number of nitrogens with zero attached hydrogens (tertiary/aromatic N) is 5. The van der Waals surface area contributed by atoms with Gasteiger partial charge in [0.1, 0.15) is 17.7 Å². The normalized spacial score (nSPS) is 10.6. The molecule has 0 aromatic carbocycles. The molecule has 0 fully saturated rings. The van der Waals surface area contributed by atoms with Gasteiger partial charge < -0.3 is 10.3 Å². The lowest BCUT2D eigenvalue weighted by atomic mass is 10.4. The van der Waals surface area contributed by atoms with Crippen molar-refractivity contribution in [2.24, 2.45) is 0 Å². The van der Waals surface area contributed by atoms with Crippen molar-refractivity contribution in [1.82, 2.24) is 25.1 Å². The predicted molar refractivity (Wildman–Crippen MR) is 60.8 cm³/mol. The fraction of sp³-hybridized carbons (Fsp3) is 0. The Morgan fingerprint density at radius 1 is 1.24 bits per heavy atom. The fourth-order valence-electron chi connectivity index (χ4n) is 1.24. The fourth-order valence-corrected chi connectivity index (χ4v) is 1.78. The molecule has 3 heterocycles. The van der Waals surface area contributed by atoms with Crippen LogP contribution in [0.5, 0.6) is 0 Å². The Morgan fingerprint density at radius 2 is 2.18 bits per heavy atom. The van der Waals surface area contributed by atoms with Crippen LogP contribution >= 0.6 is 11.3 Å². The lowest BCUT2D eigenvalue weighted by Gasteiger charge is -1.88. The monoisotopic (exact) mass is 246 g/mol. The van der Waals surface area contributed by atoms with Gasteiger partial charge >= 0.3 is 0 Å². The van der Waals surface area contributed by atoms with E-state index in [1.165, 1.54) is 17.7 Å². The summed E-state index contributed by atoms with van der Waals surface area (Å²) in [5, 5.41) is 6.04. The number of nitrogens with two attached hydrogens (primary N) is 1. The van der Waals surface area contributed by atoms with Gasteiger partial charge in [0, 0.05) is 11.6 Å². The third kappa shape index (κ3) is 1.85. The van der Waals surface area contributed by atoms with E-state index in [4.69, 9.17) is 10.3 Å². The van der Waals surface area contributed by atoms with Gasteiger partial charge in [0.25, 0.3) is 5.89 Å². The molecule has 3 aromatic heterocycles. The molecular formula is C9H6N6OS. The highest BCUT2D eigenvalue weighted by Gasteiger charge is 2.13. The van der Waals surface area contributed by atoms with Gasteiger partial charge in [-0.3, -0.25) is 0 Å². The van der Waals surface area contributed by atoms with Crippen LogP contribution in [0, 0.1) is 0 Å². The summed E-state index contributed by atoms with van der Waals surface area (Å²) < 4.78 is 5.09. The molecule has 0 aliphatic rings. The predicted octanol–water partition coefficient (Wildman–Crippen LogP) is 1.23. The zero-order chi connectivity index (χ0) is 11.7. The number of nitrogen functional groups attached to an aromatic ring is 1. The van der Waals surface area contributed by atoms with Crippen LogP contribution in [0.3, 0.4) is 0 Å². The van der Waals surface area contributed by atoms with Crippen molar-refractivity contribution in [2.75, 3.05) is 5.73 Å². The number of hydrogen-bond donors (Lipinski definition) is 1. The van der Waals surface area contributed by atoms with E-state index in [1.807, 2.05) is 0 Å². The van der Waals surface area contributed by atoms with Crippen molar-refractivity contribution < 1.29 is 4.52 Å². The van der Waals surface area contributed by atoms with Crippen LogP contribution in [0.1, 0.15) is 0 Å². The molecule has 3 aromatic rings. The van der Waals surface area contributed by atoms with Crippen LogP contribution in [0.2, 0.25) is 0 Å². The molecule has 0 unspecified atom stereocenters. The van der Waals surface area contributed by atoms with Gasteiger partial charge in [0.2, 0.25) is 5.82 Å². The van der Waals surface area contributed by atoms with Gasteiger partial charge in [0.15, 0.2) is 5.13 Å². The van der Waals surface area contributed by atoms with E-state index in [0.29, 0.717) is 28.2 Å².